The number of rotatable bonds is 9. The van der Waals surface area contributed by atoms with Gasteiger partial charge in [0.25, 0.3) is 0 Å². The average Bonchev–Trinajstić information content (AvgIpc) is 2.86. The number of benzene rings is 2. The van der Waals surface area contributed by atoms with Crippen LogP contribution in [0.4, 0.5) is 0 Å². The molecule has 2 aromatic rings. The Balaban J connectivity index is -0.0000000715. The lowest BCUT2D eigenvalue weighted by Crippen LogP contribution is -3.00. The second kappa shape index (κ2) is 29.7. The van der Waals surface area contributed by atoms with Crippen LogP contribution in [0.3, 0.4) is 0 Å². The summed E-state index contributed by atoms with van der Waals surface area (Å²) in [7, 11) is 0. The summed E-state index contributed by atoms with van der Waals surface area (Å²) < 4.78 is 1.28. The Hall–Kier alpha value is -1.84. The van der Waals surface area contributed by atoms with E-state index in [9.17, 15) is 4.79 Å². The van der Waals surface area contributed by atoms with Crippen LogP contribution in [0.5, 0.6) is 0 Å². The van der Waals surface area contributed by atoms with Crippen LogP contribution >= 0.6 is 0 Å². The summed E-state index contributed by atoms with van der Waals surface area (Å²) >= 11 is 0. The van der Waals surface area contributed by atoms with Gasteiger partial charge in [0.15, 0.2) is 0 Å². The molecule has 0 aromatic heterocycles. The van der Waals surface area contributed by atoms with E-state index in [1.165, 1.54) is 48.2 Å². The first-order chi connectivity index (χ1) is 15.2. The van der Waals surface area contributed by atoms with E-state index in [4.69, 9.17) is 5.11 Å². The summed E-state index contributed by atoms with van der Waals surface area (Å²) in [4.78, 5) is 10.6. The Morgan fingerprint density at radius 2 is 0.947 bits per heavy atom. The number of quaternary nitrogens is 1. The molecular weight excluding hydrogens is 490 g/mol. The molecule has 2 aromatic carbocycles. The molecule has 38 heavy (non-hydrogen) atoms. The Labute approximate surface area is 247 Å². The van der Waals surface area contributed by atoms with Crippen molar-refractivity contribution in [3.63, 3.8) is 0 Å². The number of aromatic carboxylic acids is 1. The van der Waals surface area contributed by atoms with Crippen molar-refractivity contribution >= 4 is 5.97 Å². The number of halogens is 1. The van der Waals surface area contributed by atoms with Crippen molar-refractivity contribution in [3.05, 3.63) is 71.3 Å². The summed E-state index contributed by atoms with van der Waals surface area (Å²) in [6.07, 6.45) is 2.30. The van der Waals surface area contributed by atoms with Crippen molar-refractivity contribution in [2.24, 2.45) is 0 Å². The molecule has 0 saturated heterocycles. The van der Waals surface area contributed by atoms with Gasteiger partial charge in [-0.2, -0.15) is 0 Å². The molecule has 4 heteroatoms. The van der Waals surface area contributed by atoms with E-state index in [1.54, 1.807) is 12.1 Å². The third kappa shape index (κ3) is 19.3. The number of carboxylic acid groups (broad SMARTS) is 1. The van der Waals surface area contributed by atoms with Crippen LogP contribution in [0.25, 0.3) is 0 Å². The van der Waals surface area contributed by atoms with Gasteiger partial charge in [0.2, 0.25) is 0 Å². The largest absolute Gasteiger partial charge is 1.00 e. The Kier molecular flexibility index (Phi) is 41.1. The summed E-state index contributed by atoms with van der Waals surface area (Å²) in [5.74, 6) is 0.347. The predicted molar refractivity (Wildman–Crippen MR) is 173 cm³/mol. The third-order valence-electron chi connectivity index (χ3n) is 7.00. The SMILES string of the molecule is C.C.C.C.C.CCC(C)c1ccc(C(=O)O)cc1.CCC(C)c1ccccc1.CC[N+](CC)(CC)CC.[Cl-]. The van der Waals surface area contributed by atoms with Crippen LogP contribution in [-0.2, 0) is 0 Å². The Morgan fingerprint density at radius 3 is 1.18 bits per heavy atom. The number of carbonyl (C=O) groups is 1. The number of hydrogen-bond acceptors (Lipinski definition) is 1. The van der Waals surface area contributed by atoms with E-state index < -0.39 is 5.97 Å². The molecule has 0 heterocycles. The van der Waals surface area contributed by atoms with Gasteiger partial charge in [-0.3, -0.25) is 0 Å². The fraction of sp³-hybridized carbons (Fsp3) is 0.618. The molecule has 1 N–H and O–H groups in total. The molecule has 0 aliphatic rings. The van der Waals surface area contributed by atoms with Gasteiger partial charge in [0.05, 0.1) is 31.7 Å². The molecule has 0 fully saturated rings. The highest BCUT2D eigenvalue weighted by Crippen LogP contribution is 2.19. The number of carboxylic acids is 1. The lowest BCUT2D eigenvalue weighted by Gasteiger charge is -2.34. The minimum Gasteiger partial charge on any atom is -1.00 e. The maximum absolute atomic E-state index is 10.6. The van der Waals surface area contributed by atoms with Gasteiger partial charge >= 0.3 is 5.97 Å². The maximum Gasteiger partial charge on any atom is 0.335 e. The topological polar surface area (TPSA) is 37.3 Å². The van der Waals surface area contributed by atoms with Crippen molar-refractivity contribution in [1.29, 1.82) is 0 Å². The highest BCUT2D eigenvalue weighted by molar-refractivity contribution is 5.87. The minimum absolute atomic E-state index is 0. The van der Waals surface area contributed by atoms with Crippen LogP contribution in [0.1, 0.15) is 139 Å². The van der Waals surface area contributed by atoms with Gasteiger partial charge in [0.1, 0.15) is 0 Å². The van der Waals surface area contributed by atoms with Crippen molar-refractivity contribution in [3.8, 4) is 0 Å². The standard InChI is InChI=1S/C11H14O2.C10H14.C8H20N.5CH4.ClH/c1-3-8(2)9-4-6-10(7-5-9)11(12)13;1-3-9(2)10-7-5-4-6-8-10;1-5-9(6-2,7-3)8-4;;;;;;/h4-8H,3H2,1-2H3,(H,12,13);4-9H,3H2,1-2H3;5-8H2,1-4H3;5*1H4;1H/q;;+1;;;;;;/p-1. The van der Waals surface area contributed by atoms with Crippen molar-refractivity contribution in [1.82, 2.24) is 0 Å². The van der Waals surface area contributed by atoms with E-state index in [2.05, 4.69) is 85.7 Å². The first kappa shape index (κ1) is 52.6. The van der Waals surface area contributed by atoms with Crippen LogP contribution < -0.4 is 12.4 Å². The normalized spacial score (nSPS) is 10.5. The lowest BCUT2D eigenvalue weighted by atomic mass is 9.98. The molecule has 228 valence electrons. The lowest BCUT2D eigenvalue weighted by molar-refractivity contribution is -0.921. The predicted octanol–water partition coefficient (Wildman–Crippen LogP) is 8.17. The molecule has 0 saturated carbocycles. The highest BCUT2D eigenvalue weighted by atomic mass is 35.5. The van der Waals surface area contributed by atoms with E-state index in [1.807, 2.05) is 12.1 Å². The summed E-state index contributed by atoms with van der Waals surface area (Å²) in [5.41, 5.74) is 3.00. The summed E-state index contributed by atoms with van der Waals surface area (Å²) in [5, 5.41) is 8.67. The zero-order valence-electron chi connectivity index (χ0n) is 22.3. The first-order valence-corrected chi connectivity index (χ1v) is 12.5. The average molecular weight is 558 g/mol. The van der Waals surface area contributed by atoms with Crippen LogP contribution in [-0.4, -0.2) is 41.7 Å². The van der Waals surface area contributed by atoms with Gasteiger partial charge < -0.3 is 22.0 Å². The zero-order chi connectivity index (χ0) is 24.6. The molecule has 0 radical (unpaired) electrons. The quantitative estimate of drug-likeness (QED) is 0.316. The molecule has 0 aliphatic carbocycles. The fourth-order valence-corrected chi connectivity index (χ4v) is 3.55. The molecular formula is C34H68ClNO2. The first-order valence-electron chi connectivity index (χ1n) is 12.5. The smallest absolute Gasteiger partial charge is 0.335 e. The minimum atomic E-state index is -0.865. The molecule has 0 aliphatic heterocycles. The number of nitrogens with zero attached hydrogens (tertiary/aromatic N) is 1. The Bertz CT molecular complexity index is 710. The van der Waals surface area contributed by atoms with Gasteiger partial charge in [-0.1, -0.05) is 107 Å². The van der Waals surface area contributed by atoms with Crippen molar-refractivity contribution < 1.29 is 26.8 Å². The zero-order valence-corrected chi connectivity index (χ0v) is 23.0. The van der Waals surface area contributed by atoms with Crippen LogP contribution in [0.15, 0.2) is 54.6 Å². The van der Waals surface area contributed by atoms with Crippen molar-refractivity contribution in [2.45, 2.75) is 117 Å². The monoisotopic (exact) mass is 557 g/mol. The van der Waals surface area contributed by atoms with E-state index in [0.717, 1.165) is 6.42 Å². The molecule has 0 spiro atoms. The third-order valence-corrected chi connectivity index (χ3v) is 7.00. The molecule has 0 bridgehead atoms. The molecule has 0 amide bonds. The molecule has 2 rings (SSSR count). The second-order valence-corrected chi connectivity index (χ2v) is 8.56. The maximum atomic E-state index is 10.6. The Morgan fingerprint density at radius 1 is 0.632 bits per heavy atom. The van der Waals surface area contributed by atoms with Gasteiger partial charge in [-0.05, 0) is 75.6 Å². The molecule has 2 unspecified atom stereocenters. The number of hydrogen-bond donors (Lipinski definition) is 1. The van der Waals surface area contributed by atoms with Gasteiger partial charge in [-0.15, -0.1) is 0 Å². The van der Waals surface area contributed by atoms with Crippen LogP contribution in [0, 0.1) is 0 Å². The van der Waals surface area contributed by atoms with E-state index in [0.29, 0.717) is 17.4 Å². The highest BCUT2D eigenvalue weighted by Gasteiger charge is 2.16. The molecule has 3 nitrogen and oxygen atoms in total. The van der Waals surface area contributed by atoms with Gasteiger partial charge in [0, 0.05) is 0 Å². The van der Waals surface area contributed by atoms with Crippen molar-refractivity contribution in [2.75, 3.05) is 26.2 Å². The second-order valence-electron chi connectivity index (χ2n) is 8.56. The summed E-state index contributed by atoms with van der Waals surface area (Å²) in [6.45, 7) is 23.0. The van der Waals surface area contributed by atoms with E-state index >= 15 is 0 Å². The fourth-order valence-electron chi connectivity index (χ4n) is 3.55. The molecule has 2 atom stereocenters. The van der Waals surface area contributed by atoms with E-state index in [-0.39, 0.29) is 49.5 Å². The summed E-state index contributed by atoms with van der Waals surface area (Å²) in [6, 6.07) is 17.7. The van der Waals surface area contributed by atoms with Crippen LogP contribution in [0.2, 0.25) is 0 Å². The van der Waals surface area contributed by atoms with Gasteiger partial charge in [-0.25, -0.2) is 4.79 Å².